The number of methoxy groups -OCH3 is 2. The lowest BCUT2D eigenvalue weighted by atomic mass is 9.97. The lowest BCUT2D eigenvalue weighted by Gasteiger charge is -2.11. The minimum atomic E-state index is 0.589. The Morgan fingerprint density at radius 1 is 0.893 bits per heavy atom. The first-order chi connectivity index (χ1) is 13.8. The second-order valence-corrected chi connectivity index (χ2v) is 6.30. The van der Waals surface area contributed by atoms with Crippen molar-refractivity contribution in [2.75, 3.05) is 14.2 Å². The second kappa shape index (κ2) is 7.96. The normalized spacial score (nSPS) is 11.6. The van der Waals surface area contributed by atoms with Gasteiger partial charge < -0.3 is 14.0 Å². The third-order valence-corrected chi connectivity index (χ3v) is 4.69. The summed E-state index contributed by atoms with van der Waals surface area (Å²) in [6, 6.07) is 20.5. The fraction of sp³-hybridized carbons (Fsp3) is 0.130. The van der Waals surface area contributed by atoms with E-state index in [0.717, 1.165) is 33.5 Å². The largest absolute Gasteiger partial charge is 0.497 e. The molecule has 140 valence electrons. The maximum atomic E-state index is 5.34. The average Bonchev–Trinajstić information content (AvgIpc) is 3.18. The predicted molar refractivity (Wildman–Crippen MR) is 111 cm³/mol. The van der Waals surface area contributed by atoms with Crippen LogP contribution in [0, 0.1) is 0 Å². The Balaban J connectivity index is 1.73. The van der Waals surface area contributed by atoms with Crippen molar-refractivity contribution in [2.45, 2.75) is 6.54 Å². The number of benzene rings is 2. The number of hydrogen-bond acceptors (Lipinski definition) is 4. The Kier molecular flexibility index (Phi) is 5.06. The topological polar surface area (TPSA) is 49.2 Å². The molecule has 0 fully saturated rings. The van der Waals surface area contributed by atoms with Crippen molar-refractivity contribution in [2.24, 2.45) is 0 Å². The van der Waals surface area contributed by atoms with Crippen molar-refractivity contribution >= 4 is 16.6 Å². The number of ether oxygens (including phenoxy) is 2. The number of allylic oxidation sites excluding steroid dienone is 1. The van der Waals surface area contributed by atoms with Crippen LogP contribution in [0.2, 0.25) is 0 Å². The lowest BCUT2D eigenvalue weighted by Crippen LogP contribution is -1.98. The van der Waals surface area contributed by atoms with Crippen LogP contribution < -0.4 is 9.47 Å². The van der Waals surface area contributed by atoms with Crippen LogP contribution in [0.5, 0.6) is 11.6 Å². The van der Waals surface area contributed by atoms with Gasteiger partial charge in [-0.15, -0.1) is 0 Å². The Morgan fingerprint density at radius 2 is 1.64 bits per heavy atom. The van der Waals surface area contributed by atoms with Gasteiger partial charge in [0.05, 0.1) is 19.6 Å². The monoisotopic (exact) mass is 371 g/mol. The highest BCUT2D eigenvalue weighted by Gasteiger charge is 2.09. The first-order valence-electron chi connectivity index (χ1n) is 9.04. The van der Waals surface area contributed by atoms with Crippen molar-refractivity contribution in [1.82, 2.24) is 14.5 Å². The van der Waals surface area contributed by atoms with Crippen LogP contribution in [-0.2, 0) is 6.54 Å². The van der Waals surface area contributed by atoms with Gasteiger partial charge in [0.2, 0.25) is 5.88 Å². The zero-order valence-corrected chi connectivity index (χ0v) is 15.9. The SMILES string of the molecule is COc1ccc(/C(=C/Cn2ccc3c(OC)ncnc32)c2ccccc2)cc1. The van der Waals surface area contributed by atoms with Gasteiger partial charge in [-0.2, -0.15) is 0 Å². The number of fused-ring (bicyclic) bond motifs is 1. The molecular weight excluding hydrogens is 350 g/mol. The highest BCUT2D eigenvalue weighted by Crippen LogP contribution is 2.27. The molecule has 0 aliphatic carbocycles. The van der Waals surface area contributed by atoms with Crippen molar-refractivity contribution < 1.29 is 9.47 Å². The minimum Gasteiger partial charge on any atom is -0.497 e. The average molecular weight is 371 g/mol. The van der Waals surface area contributed by atoms with Gasteiger partial charge in [-0.05, 0) is 34.9 Å². The van der Waals surface area contributed by atoms with Gasteiger partial charge in [0.1, 0.15) is 17.7 Å². The van der Waals surface area contributed by atoms with Crippen molar-refractivity contribution in [3.05, 3.63) is 90.4 Å². The molecule has 5 nitrogen and oxygen atoms in total. The van der Waals surface area contributed by atoms with Gasteiger partial charge in [0.15, 0.2) is 0 Å². The van der Waals surface area contributed by atoms with Crippen molar-refractivity contribution in [3.63, 3.8) is 0 Å². The van der Waals surface area contributed by atoms with Crippen molar-refractivity contribution in [1.29, 1.82) is 0 Å². The first-order valence-corrected chi connectivity index (χ1v) is 9.04. The van der Waals surface area contributed by atoms with E-state index in [9.17, 15) is 0 Å². The summed E-state index contributed by atoms with van der Waals surface area (Å²) in [5, 5.41) is 0.907. The highest BCUT2D eigenvalue weighted by atomic mass is 16.5. The summed E-state index contributed by atoms with van der Waals surface area (Å²) in [6.45, 7) is 0.680. The summed E-state index contributed by atoms with van der Waals surface area (Å²) in [7, 11) is 3.30. The van der Waals surface area contributed by atoms with E-state index in [1.807, 2.05) is 30.5 Å². The summed E-state index contributed by atoms with van der Waals surface area (Å²) in [5.41, 5.74) is 4.31. The molecule has 0 saturated heterocycles. The molecule has 4 rings (SSSR count). The Labute approximate surface area is 163 Å². The lowest BCUT2D eigenvalue weighted by molar-refractivity contribution is 0.402. The number of nitrogens with zero attached hydrogens (tertiary/aromatic N) is 3. The zero-order chi connectivity index (χ0) is 19.3. The van der Waals surface area contributed by atoms with Crippen LogP contribution in [-0.4, -0.2) is 28.8 Å². The quantitative estimate of drug-likeness (QED) is 0.498. The molecule has 5 heteroatoms. The van der Waals surface area contributed by atoms with Crippen LogP contribution in [0.1, 0.15) is 11.1 Å². The summed E-state index contributed by atoms with van der Waals surface area (Å²) >= 11 is 0. The van der Waals surface area contributed by atoms with E-state index in [2.05, 4.69) is 57.0 Å². The fourth-order valence-electron chi connectivity index (χ4n) is 3.27. The van der Waals surface area contributed by atoms with Crippen LogP contribution in [0.4, 0.5) is 0 Å². The van der Waals surface area contributed by atoms with E-state index in [1.165, 1.54) is 6.33 Å². The third-order valence-electron chi connectivity index (χ3n) is 4.69. The summed E-state index contributed by atoms with van der Waals surface area (Å²) in [4.78, 5) is 8.59. The van der Waals surface area contributed by atoms with E-state index in [-0.39, 0.29) is 0 Å². The molecule has 0 amide bonds. The maximum absolute atomic E-state index is 5.34. The van der Waals surface area contributed by atoms with Gasteiger partial charge >= 0.3 is 0 Å². The first kappa shape index (κ1) is 17.8. The van der Waals surface area contributed by atoms with Gasteiger partial charge in [0, 0.05) is 12.7 Å². The van der Waals surface area contributed by atoms with Gasteiger partial charge in [-0.25, -0.2) is 9.97 Å². The molecule has 28 heavy (non-hydrogen) atoms. The maximum Gasteiger partial charge on any atom is 0.225 e. The van der Waals surface area contributed by atoms with Gasteiger partial charge in [-0.1, -0.05) is 48.5 Å². The van der Waals surface area contributed by atoms with Gasteiger partial charge in [-0.3, -0.25) is 0 Å². The molecule has 0 unspecified atom stereocenters. The van der Waals surface area contributed by atoms with Crippen molar-refractivity contribution in [3.8, 4) is 11.6 Å². The molecule has 0 radical (unpaired) electrons. The Hall–Kier alpha value is -3.60. The molecule has 0 spiro atoms. The second-order valence-electron chi connectivity index (χ2n) is 6.30. The fourth-order valence-corrected chi connectivity index (χ4v) is 3.27. The molecule has 2 heterocycles. The molecule has 0 atom stereocenters. The molecule has 2 aromatic carbocycles. The van der Waals surface area contributed by atoms with Crippen LogP contribution in [0.25, 0.3) is 16.6 Å². The Morgan fingerprint density at radius 3 is 2.36 bits per heavy atom. The number of aromatic nitrogens is 3. The molecule has 4 aromatic rings. The molecule has 0 bridgehead atoms. The summed E-state index contributed by atoms with van der Waals surface area (Å²) < 4.78 is 12.7. The zero-order valence-electron chi connectivity index (χ0n) is 15.9. The highest BCUT2D eigenvalue weighted by molar-refractivity contribution is 5.82. The van der Waals surface area contributed by atoms with E-state index >= 15 is 0 Å². The molecular formula is C23H21N3O2. The number of rotatable bonds is 6. The van der Waals surface area contributed by atoms with Gasteiger partial charge in [0.25, 0.3) is 0 Å². The molecule has 0 saturated carbocycles. The molecule has 0 aliphatic heterocycles. The minimum absolute atomic E-state index is 0.589. The molecule has 0 N–H and O–H groups in total. The van der Waals surface area contributed by atoms with E-state index in [0.29, 0.717) is 12.4 Å². The molecule has 2 aromatic heterocycles. The number of hydrogen-bond donors (Lipinski definition) is 0. The molecule has 0 aliphatic rings. The smallest absolute Gasteiger partial charge is 0.225 e. The Bertz CT molecular complexity index is 1100. The third kappa shape index (κ3) is 3.47. The predicted octanol–water partition coefficient (Wildman–Crippen LogP) is 4.58. The van der Waals surface area contributed by atoms with Crippen LogP contribution in [0.15, 0.2) is 79.3 Å². The standard InChI is InChI=1S/C23H21N3O2/c1-27-19-10-8-18(9-11-19)20(17-6-4-3-5-7-17)12-14-26-15-13-21-22(26)24-16-25-23(21)28-2/h3-13,15-16H,14H2,1-2H3/b20-12+. The van der Waals surface area contributed by atoms with Crippen LogP contribution in [0.3, 0.4) is 0 Å². The van der Waals surface area contributed by atoms with E-state index in [4.69, 9.17) is 9.47 Å². The van der Waals surface area contributed by atoms with Crippen LogP contribution >= 0.6 is 0 Å². The van der Waals surface area contributed by atoms with E-state index in [1.54, 1.807) is 14.2 Å². The van der Waals surface area contributed by atoms with E-state index < -0.39 is 0 Å². The summed E-state index contributed by atoms with van der Waals surface area (Å²) in [5.74, 6) is 1.43. The summed E-state index contributed by atoms with van der Waals surface area (Å²) in [6.07, 6.45) is 5.75.